The van der Waals surface area contributed by atoms with Crippen LogP contribution in [0.25, 0.3) is 0 Å². The molecule has 1 unspecified atom stereocenters. The maximum atomic E-state index is 10.5. The highest BCUT2D eigenvalue weighted by atomic mass is 16.4. The van der Waals surface area contributed by atoms with Crippen molar-refractivity contribution in [1.82, 2.24) is 4.90 Å². The Kier molecular flexibility index (Phi) is 8.23. The quantitative estimate of drug-likeness (QED) is 0.675. The molecule has 0 aliphatic rings. The molecule has 0 aromatic rings. The largest absolute Gasteiger partial charge is 0.481 e. The minimum Gasteiger partial charge on any atom is -0.481 e. The van der Waals surface area contributed by atoms with Gasteiger partial charge in [-0.15, -0.1) is 0 Å². The maximum Gasteiger partial charge on any atom is 0.303 e. The average molecular weight is 243 g/mol. The first-order valence-corrected chi connectivity index (χ1v) is 6.82. The molecule has 0 radical (unpaired) electrons. The summed E-state index contributed by atoms with van der Waals surface area (Å²) in [4.78, 5) is 12.9. The Morgan fingerprint density at radius 3 is 2.12 bits per heavy atom. The summed E-state index contributed by atoms with van der Waals surface area (Å²) in [5.41, 5.74) is 0. The lowest BCUT2D eigenvalue weighted by atomic mass is 10.0. The lowest BCUT2D eigenvalue weighted by Gasteiger charge is -2.33. The van der Waals surface area contributed by atoms with Crippen LogP contribution in [0.4, 0.5) is 0 Å². The minimum atomic E-state index is -0.691. The van der Waals surface area contributed by atoms with Crippen LogP contribution >= 0.6 is 0 Å². The van der Waals surface area contributed by atoms with Gasteiger partial charge in [0.25, 0.3) is 0 Å². The third-order valence-electron chi connectivity index (χ3n) is 3.20. The van der Waals surface area contributed by atoms with E-state index in [2.05, 4.69) is 39.5 Å². The van der Waals surface area contributed by atoms with E-state index < -0.39 is 5.97 Å². The van der Waals surface area contributed by atoms with Gasteiger partial charge in [-0.2, -0.15) is 0 Å². The molecule has 3 heteroatoms. The summed E-state index contributed by atoms with van der Waals surface area (Å²) >= 11 is 0. The molecule has 0 amide bonds. The van der Waals surface area contributed by atoms with E-state index in [9.17, 15) is 4.79 Å². The van der Waals surface area contributed by atoms with E-state index >= 15 is 0 Å². The summed E-state index contributed by atoms with van der Waals surface area (Å²) in [6.45, 7) is 12.0. The Labute approximate surface area is 106 Å². The molecule has 0 aromatic heterocycles. The molecule has 102 valence electrons. The van der Waals surface area contributed by atoms with Crippen LogP contribution in [0.1, 0.15) is 60.3 Å². The first kappa shape index (κ1) is 16.4. The Bertz CT molecular complexity index is 214. The van der Waals surface area contributed by atoms with Gasteiger partial charge in [0.1, 0.15) is 0 Å². The van der Waals surface area contributed by atoms with Crippen molar-refractivity contribution in [3.63, 3.8) is 0 Å². The summed E-state index contributed by atoms with van der Waals surface area (Å²) in [7, 11) is 0. The second kappa shape index (κ2) is 8.51. The van der Waals surface area contributed by atoms with Crippen molar-refractivity contribution in [2.24, 2.45) is 5.92 Å². The first-order valence-electron chi connectivity index (χ1n) is 6.82. The SMILES string of the molecule is CC(C)CCC(C)N(CCCC(=O)O)C(C)C. The molecule has 0 saturated heterocycles. The van der Waals surface area contributed by atoms with Crippen LogP contribution < -0.4 is 0 Å². The van der Waals surface area contributed by atoms with Crippen LogP contribution in [0.3, 0.4) is 0 Å². The van der Waals surface area contributed by atoms with E-state index in [1.54, 1.807) is 0 Å². The van der Waals surface area contributed by atoms with Gasteiger partial charge in [-0.05, 0) is 52.5 Å². The number of hydrogen-bond acceptors (Lipinski definition) is 2. The average Bonchev–Trinajstić information content (AvgIpc) is 2.20. The van der Waals surface area contributed by atoms with Crippen molar-refractivity contribution < 1.29 is 9.90 Å². The van der Waals surface area contributed by atoms with Crippen molar-refractivity contribution >= 4 is 5.97 Å². The van der Waals surface area contributed by atoms with Gasteiger partial charge in [0, 0.05) is 18.5 Å². The number of aliphatic carboxylic acids is 1. The summed E-state index contributed by atoms with van der Waals surface area (Å²) < 4.78 is 0. The molecular formula is C14H29NO2. The van der Waals surface area contributed by atoms with E-state index in [0.717, 1.165) is 18.9 Å². The van der Waals surface area contributed by atoms with Crippen molar-refractivity contribution in [2.75, 3.05) is 6.54 Å². The standard InChI is InChI=1S/C14H29NO2/c1-11(2)8-9-13(5)15(12(3)4)10-6-7-14(16)17/h11-13H,6-10H2,1-5H3,(H,16,17). The monoisotopic (exact) mass is 243 g/mol. The number of carboxylic acid groups (broad SMARTS) is 1. The third-order valence-corrected chi connectivity index (χ3v) is 3.20. The lowest BCUT2D eigenvalue weighted by molar-refractivity contribution is -0.137. The van der Waals surface area contributed by atoms with Crippen molar-refractivity contribution in [2.45, 2.75) is 72.4 Å². The smallest absolute Gasteiger partial charge is 0.303 e. The predicted molar refractivity (Wildman–Crippen MR) is 72.2 cm³/mol. The summed E-state index contributed by atoms with van der Waals surface area (Å²) in [6.07, 6.45) is 3.46. The van der Waals surface area contributed by atoms with Crippen LogP contribution in [-0.4, -0.2) is 34.6 Å². The number of carboxylic acids is 1. The molecule has 0 aliphatic carbocycles. The fourth-order valence-electron chi connectivity index (χ4n) is 2.14. The summed E-state index contributed by atoms with van der Waals surface area (Å²) in [5.74, 6) is 0.0500. The number of rotatable bonds is 9. The van der Waals surface area contributed by atoms with Gasteiger partial charge in [-0.1, -0.05) is 13.8 Å². The molecular weight excluding hydrogens is 214 g/mol. The van der Waals surface area contributed by atoms with Gasteiger partial charge in [-0.3, -0.25) is 9.69 Å². The Hall–Kier alpha value is -0.570. The highest BCUT2D eigenvalue weighted by Gasteiger charge is 2.17. The van der Waals surface area contributed by atoms with Crippen LogP contribution in [0, 0.1) is 5.92 Å². The molecule has 0 rings (SSSR count). The molecule has 0 saturated carbocycles. The molecule has 0 spiro atoms. The highest BCUT2D eigenvalue weighted by molar-refractivity contribution is 5.66. The number of hydrogen-bond donors (Lipinski definition) is 1. The summed E-state index contributed by atoms with van der Waals surface area (Å²) in [5, 5.41) is 8.66. The third kappa shape index (κ3) is 8.19. The van der Waals surface area contributed by atoms with E-state index in [0.29, 0.717) is 12.1 Å². The molecule has 0 bridgehead atoms. The molecule has 3 nitrogen and oxygen atoms in total. The van der Waals surface area contributed by atoms with Crippen molar-refractivity contribution in [1.29, 1.82) is 0 Å². The molecule has 0 fully saturated rings. The van der Waals surface area contributed by atoms with E-state index in [4.69, 9.17) is 5.11 Å². The normalized spacial score (nSPS) is 13.6. The second-order valence-electron chi connectivity index (χ2n) is 5.65. The fraction of sp³-hybridized carbons (Fsp3) is 0.929. The lowest BCUT2D eigenvalue weighted by Crippen LogP contribution is -2.39. The zero-order valence-electron chi connectivity index (χ0n) is 12.1. The van der Waals surface area contributed by atoms with E-state index in [1.807, 2.05) is 0 Å². The van der Waals surface area contributed by atoms with Crippen molar-refractivity contribution in [3.8, 4) is 0 Å². The van der Waals surface area contributed by atoms with Gasteiger partial charge in [0.15, 0.2) is 0 Å². The molecule has 0 aromatic carbocycles. The van der Waals surface area contributed by atoms with Gasteiger partial charge < -0.3 is 5.11 Å². The summed E-state index contributed by atoms with van der Waals surface area (Å²) in [6, 6.07) is 1.04. The minimum absolute atomic E-state index is 0.278. The van der Waals surface area contributed by atoms with Gasteiger partial charge in [0.05, 0.1) is 0 Å². The Morgan fingerprint density at radius 2 is 1.71 bits per heavy atom. The maximum absolute atomic E-state index is 10.5. The van der Waals surface area contributed by atoms with Gasteiger partial charge in [-0.25, -0.2) is 0 Å². The number of carbonyl (C=O) groups is 1. The topological polar surface area (TPSA) is 40.5 Å². The molecule has 0 heterocycles. The molecule has 1 N–H and O–H groups in total. The van der Waals surface area contributed by atoms with Gasteiger partial charge in [0.2, 0.25) is 0 Å². The van der Waals surface area contributed by atoms with Gasteiger partial charge >= 0.3 is 5.97 Å². The van der Waals surface area contributed by atoms with Crippen LogP contribution in [0.5, 0.6) is 0 Å². The van der Waals surface area contributed by atoms with Crippen LogP contribution in [0.15, 0.2) is 0 Å². The second-order valence-corrected chi connectivity index (χ2v) is 5.65. The van der Waals surface area contributed by atoms with E-state index in [-0.39, 0.29) is 6.42 Å². The molecule has 1 atom stereocenters. The molecule has 17 heavy (non-hydrogen) atoms. The fourth-order valence-corrected chi connectivity index (χ4v) is 2.14. The van der Waals surface area contributed by atoms with Crippen LogP contribution in [0.2, 0.25) is 0 Å². The first-order chi connectivity index (χ1) is 7.84. The Balaban J connectivity index is 4.07. The van der Waals surface area contributed by atoms with Crippen LogP contribution in [-0.2, 0) is 4.79 Å². The zero-order chi connectivity index (χ0) is 13.4. The molecule has 0 aliphatic heterocycles. The van der Waals surface area contributed by atoms with Crippen molar-refractivity contribution in [3.05, 3.63) is 0 Å². The van der Waals surface area contributed by atoms with E-state index in [1.165, 1.54) is 12.8 Å². The number of nitrogens with zero attached hydrogens (tertiary/aromatic N) is 1. The highest BCUT2D eigenvalue weighted by Crippen LogP contribution is 2.15. The predicted octanol–water partition coefficient (Wildman–Crippen LogP) is 3.39. The Morgan fingerprint density at radius 1 is 1.12 bits per heavy atom. The zero-order valence-corrected chi connectivity index (χ0v) is 12.1.